The van der Waals surface area contributed by atoms with Crippen LogP contribution < -0.4 is 0 Å². The zero-order valence-electron chi connectivity index (χ0n) is 12.0. The highest BCUT2D eigenvalue weighted by molar-refractivity contribution is 14.1. The van der Waals surface area contributed by atoms with Gasteiger partial charge < -0.3 is 9.64 Å². The van der Waals surface area contributed by atoms with Crippen LogP contribution in [0.25, 0.3) is 5.57 Å². The SMILES string of the molecule is CC(C)(C)OC(=O)N1CC=C(c2cccc(I)n2)CC1. The Morgan fingerprint density at radius 2 is 2.15 bits per heavy atom. The molecule has 108 valence electrons. The van der Waals surface area contributed by atoms with Crippen molar-refractivity contribution < 1.29 is 9.53 Å². The lowest BCUT2D eigenvalue weighted by molar-refractivity contribution is 0.0270. The summed E-state index contributed by atoms with van der Waals surface area (Å²) in [6.07, 6.45) is 2.63. The van der Waals surface area contributed by atoms with Crippen molar-refractivity contribution in [3.8, 4) is 0 Å². The van der Waals surface area contributed by atoms with Crippen molar-refractivity contribution in [3.63, 3.8) is 0 Å². The number of rotatable bonds is 1. The maximum absolute atomic E-state index is 12.0. The van der Waals surface area contributed by atoms with Gasteiger partial charge in [0.1, 0.15) is 9.30 Å². The van der Waals surface area contributed by atoms with Crippen LogP contribution in [0.3, 0.4) is 0 Å². The molecular weight excluding hydrogens is 367 g/mol. The van der Waals surface area contributed by atoms with Crippen LogP contribution >= 0.6 is 22.6 Å². The topological polar surface area (TPSA) is 42.4 Å². The predicted molar refractivity (Wildman–Crippen MR) is 87.4 cm³/mol. The minimum Gasteiger partial charge on any atom is -0.444 e. The standard InChI is InChI=1S/C15H19IN2O2/c1-15(2,3)20-14(19)18-9-7-11(8-10-18)12-5-4-6-13(16)17-12/h4-7H,8-10H2,1-3H3. The Balaban J connectivity index is 2.02. The molecule has 20 heavy (non-hydrogen) atoms. The van der Waals surface area contributed by atoms with Gasteiger partial charge in [-0.2, -0.15) is 0 Å². The predicted octanol–water partition coefficient (Wildman–Crippen LogP) is 3.71. The van der Waals surface area contributed by atoms with Gasteiger partial charge in [0.15, 0.2) is 0 Å². The van der Waals surface area contributed by atoms with E-state index in [0.29, 0.717) is 13.1 Å². The third-order valence-electron chi connectivity index (χ3n) is 2.90. The maximum atomic E-state index is 12.0. The number of nitrogens with zero attached hydrogens (tertiary/aromatic N) is 2. The summed E-state index contributed by atoms with van der Waals surface area (Å²) < 4.78 is 6.36. The maximum Gasteiger partial charge on any atom is 0.410 e. The van der Waals surface area contributed by atoms with Crippen molar-refractivity contribution in [1.82, 2.24) is 9.88 Å². The Morgan fingerprint density at radius 1 is 1.40 bits per heavy atom. The summed E-state index contributed by atoms with van der Waals surface area (Å²) in [4.78, 5) is 18.2. The average Bonchev–Trinajstić information content (AvgIpc) is 2.37. The molecule has 1 amide bonds. The van der Waals surface area contributed by atoms with Gasteiger partial charge in [-0.05, 0) is 67.5 Å². The molecular formula is C15H19IN2O2. The minimum atomic E-state index is -0.446. The lowest BCUT2D eigenvalue weighted by Gasteiger charge is -2.29. The molecule has 0 aliphatic carbocycles. The Hall–Kier alpha value is -1.11. The molecule has 2 heterocycles. The third-order valence-corrected chi connectivity index (χ3v) is 3.51. The summed E-state index contributed by atoms with van der Waals surface area (Å²) in [7, 11) is 0. The number of carbonyl (C=O) groups excluding carboxylic acids is 1. The quantitative estimate of drug-likeness (QED) is 0.546. The van der Waals surface area contributed by atoms with Crippen LogP contribution in [0.4, 0.5) is 4.79 Å². The summed E-state index contributed by atoms with van der Waals surface area (Å²) >= 11 is 2.21. The van der Waals surface area contributed by atoms with Crippen LogP contribution in [0.5, 0.6) is 0 Å². The number of aromatic nitrogens is 1. The molecule has 0 N–H and O–H groups in total. The molecule has 0 aromatic carbocycles. The molecule has 5 heteroatoms. The fraction of sp³-hybridized carbons (Fsp3) is 0.467. The van der Waals surface area contributed by atoms with Gasteiger partial charge in [-0.15, -0.1) is 0 Å². The fourth-order valence-electron chi connectivity index (χ4n) is 1.98. The van der Waals surface area contributed by atoms with Crippen molar-refractivity contribution in [2.24, 2.45) is 0 Å². The second-order valence-corrected chi connectivity index (χ2v) is 6.86. The number of amides is 1. The van der Waals surface area contributed by atoms with E-state index in [9.17, 15) is 4.79 Å². The molecule has 0 unspecified atom stereocenters. The first-order valence-electron chi connectivity index (χ1n) is 6.65. The van der Waals surface area contributed by atoms with E-state index in [4.69, 9.17) is 4.74 Å². The highest BCUT2D eigenvalue weighted by atomic mass is 127. The number of pyridine rings is 1. The lowest BCUT2D eigenvalue weighted by Crippen LogP contribution is -2.39. The van der Waals surface area contributed by atoms with E-state index in [0.717, 1.165) is 15.8 Å². The van der Waals surface area contributed by atoms with Crippen molar-refractivity contribution in [3.05, 3.63) is 33.7 Å². The molecule has 0 fully saturated rings. The first kappa shape index (κ1) is 15.3. The Kier molecular flexibility index (Phi) is 4.67. The molecule has 1 aromatic heterocycles. The van der Waals surface area contributed by atoms with Gasteiger partial charge in [-0.1, -0.05) is 12.1 Å². The highest BCUT2D eigenvalue weighted by Crippen LogP contribution is 2.22. The molecule has 0 radical (unpaired) electrons. The Labute approximate surface area is 133 Å². The first-order valence-corrected chi connectivity index (χ1v) is 7.73. The second kappa shape index (κ2) is 6.11. The van der Waals surface area contributed by atoms with E-state index in [1.165, 1.54) is 5.57 Å². The first-order chi connectivity index (χ1) is 9.35. The number of halogens is 1. The monoisotopic (exact) mass is 386 g/mol. The smallest absolute Gasteiger partial charge is 0.410 e. The number of ether oxygens (including phenoxy) is 1. The summed E-state index contributed by atoms with van der Waals surface area (Å²) in [5.41, 5.74) is 1.75. The van der Waals surface area contributed by atoms with E-state index in [-0.39, 0.29) is 6.09 Å². The molecule has 4 nitrogen and oxygen atoms in total. The van der Waals surface area contributed by atoms with Crippen molar-refractivity contribution in [1.29, 1.82) is 0 Å². The van der Waals surface area contributed by atoms with Crippen LogP contribution in [-0.4, -0.2) is 34.7 Å². The lowest BCUT2D eigenvalue weighted by atomic mass is 10.0. The van der Waals surface area contributed by atoms with Gasteiger partial charge in [0.2, 0.25) is 0 Å². The Bertz CT molecular complexity index is 535. The summed E-state index contributed by atoms with van der Waals surface area (Å²) in [6, 6.07) is 5.99. The van der Waals surface area contributed by atoms with Gasteiger partial charge in [0, 0.05) is 13.1 Å². The largest absolute Gasteiger partial charge is 0.444 e. The normalized spacial score (nSPS) is 15.8. The zero-order valence-corrected chi connectivity index (χ0v) is 14.2. The number of carbonyl (C=O) groups is 1. The number of hydrogen-bond donors (Lipinski definition) is 0. The van der Waals surface area contributed by atoms with Crippen molar-refractivity contribution >= 4 is 34.3 Å². The van der Waals surface area contributed by atoms with E-state index in [1.54, 1.807) is 4.90 Å². The molecule has 1 aliphatic rings. The second-order valence-electron chi connectivity index (χ2n) is 5.75. The molecule has 0 saturated carbocycles. The van der Waals surface area contributed by atoms with Gasteiger partial charge in [0.25, 0.3) is 0 Å². The van der Waals surface area contributed by atoms with Crippen LogP contribution in [-0.2, 0) is 4.74 Å². The molecule has 0 atom stereocenters. The van der Waals surface area contributed by atoms with Crippen LogP contribution in [0.2, 0.25) is 0 Å². The fourth-order valence-corrected chi connectivity index (χ4v) is 2.45. The molecule has 0 saturated heterocycles. The van der Waals surface area contributed by atoms with Gasteiger partial charge in [-0.25, -0.2) is 9.78 Å². The van der Waals surface area contributed by atoms with Gasteiger partial charge >= 0.3 is 6.09 Å². The molecule has 0 bridgehead atoms. The van der Waals surface area contributed by atoms with Gasteiger partial charge in [-0.3, -0.25) is 0 Å². The summed E-state index contributed by atoms with van der Waals surface area (Å²) in [5, 5.41) is 0. The molecule has 2 rings (SSSR count). The summed E-state index contributed by atoms with van der Waals surface area (Å²) in [5.74, 6) is 0. The summed E-state index contributed by atoms with van der Waals surface area (Å²) in [6.45, 7) is 6.90. The van der Waals surface area contributed by atoms with Crippen LogP contribution in [0.1, 0.15) is 32.9 Å². The number of hydrogen-bond acceptors (Lipinski definition) is 3. The van der Waals surface area contributed by atoms with Crippen LogP contribution in [0.15, 0.2) is 24.3 Å². The van der Waals surface area contributed by atoms with E-state index in [1.807, 2.05) is 39.0 Å². The average molecular weight is 386 g/mol. The minimum absolute atomic E-state index is 0.247. The molecule has 0 spiro atoms. The van der Waals surface area contributed by atoms with Gasteiger partial charge in [0.05, 0.1) is 5.69 Å². The molecule has 1 aliphatic heterocycles. The zero-order chi connectivity index (χ0) is 14.8. The van der Waals surface area contributed by atoms with E-state index in [2.05, 4.69) is 33.7 Å². The van der Waals surface area contributed by atoms with E-state index < -0.39 is 5.60 Å². The van der Waals surface area contributed by atoms with Crippen molar-refractivity contribution in [2.45, 2.75) is 32.8 Å². The Morgan fingerprint density at radius 3 is 2.70 bits per heavy atom. The molecule has 1 aromatic rings. The third kappa shape index (κ3) is 4.19. The van der Waals surface area contributed by atoms with E-state index >= 15 is 0 Å². The highest BCUT2D eigenvalue weighted by Gasteiger charge is 2.24. The van der Waals surface area contributed by atoms with Crippen molar-refractivity contribution in [2.75, 3.05) is 13.1 Å². The van der Waals surface area contributed by atoms with Crippen LogP contribution in [0, 0.1) is 3.70 Å².